The first-order valence-corrected chi connectivity index (χ1v) is 7.95. The van der Waals surface area contributed by atoms with E-state index in [1.54, 1.807) is 0 Å². The van der Waals surface area contributed by atoms with Crippen LogP contribution >= 0.6 is 0 Å². The molecule has 124 valence electrons. The van der Waals surface area contributed by atoms with Gasteiger partial charge in [0.2, 0.25) is 0 Å². The predicted molar refractivity (Wildman–Crippen MR) is 88.2 cm³/mol. The Balaban J connectivity index is 1.41. The van der Waals surface area contributed by atoms with Gasteiger partial charge in [0, 0.05) is 25.8 Å². The smallest absolute Gasteiger partial charge is 0.189 e. The van der Waals surface area contributed by atoms with Crippen LogP contribution in [0.3, 0.4) is 0 Å². The molecule has 1 saturated heterocycles. The molecule has 0 aromatic carbocycles. The maximum Gasteiger partial charge on any atom is 0.189 e. The van der Waals surface area contributed by atoms with E-state index in [-0.39, 0.29) is 0 Å². The van der Waals surface area contributed by atoms with Gasteiger partial charge in [-0.15, -0.1) is 10.2 Å². The van der Waals surface area contributed by atoms with E-state index in [0.717, 1.165) is 57.3 Å². The Bertz CT molecular complexity index is 648. The fourth-order valence-corrected chi connectivity index (χ4v) is 2.55. The van der Waals surface area contributed by atoms with Crippen molar-refractivity contribution in [3.8, 4) is 0 Å². The molecule has 0 amide bonds. The molecule has 0 spiro atoms. The quantitative estimate of drug-likeness (QED) is 0.437. The van der Waals surface area contributed by atoms with Crippen molar-refractivity contribution in [2.75, 3.05) is 39.4 Å². The van der Waals surface area contributed by atoms with E-state index < -0.39 is 0 Å². The van der Waals surface area contributed by atoms with E-state index in [0.29, 0.717) is 12.5 Å². The van der Waals surface area contributed by atoms with E-state index in [4.69, 9.17) is 10.5 Å². The molecule has 0 radical (unpaired) electrons. The van der Waals surface area contributed by atoms with E-state index in [9.17, 15) is 0 Å². The van der Waals surface area contributed by atoms with Crippen LogP contribution in [0.1, 0.15) is 12.2 Å². The first kappa shape index (κ1) is 15.7. The number of nitrogens with two attached hydrogens (primary N) is 1. The van der Waals surface area contributed by atoms with Gasteiger partial charge in [-0.1, -0.05) is 6.07 Å². The minimum atomic E-state index is 0.410. The molecule has 3 rings (SSSR count). The second-order valence-electron chi connectivity index (χ2n) is 5.48. The summed E-state index contributed by atoms with van der Waals surface area (Å²) in [7, 11) is 0. The molecule has 3 heterocycles. The first-order chi connectivity index (χ1) is 11.3. The van der Waals surface area contributed by atoms with Gasteiger partial charge in [-0.2, -0.15) is 0 Å². The molecule has 2 aromatic rings. The monoisotopic (exact) mass is 317 g/mol. The van der Waals surface area contributed by atoms with Gasteiger partial charge in [-0.05, 0) is 25.1 Å². The van der Waals surface area contributed by atoms with Crippen molar-refractivity contribution in [1.82, 2.24) is 24.8 Å². The third-order valence-electron chi connectivity index (χ3n) is 3.84. The maximum atomic E-state index is 5.90. The number of hydrogen-bond donors (Lipinski definition) is 2. The van der Waals surface area contributed by atoms with Crippen LogP contribution < -0.4 is 11.1 Å². The summed E-state index contributed by atoms with van der Waals surface area (Å²) in [5.74, 6) is 1.22. The molecule has 3 N–H and O–H groups in total. The van der Waals surface area contributed by atoms with Crippen LogP contribution in [-0.2, 0) is 11.3 Å². The largest absolute Gasteiger partial charge is 0.379 e. The molecule has 1 aliphatic rings. The number of guanidine groups is 1. The molecule has 23 heavy (non-hydrogen) atoms. The Kier molecular flexibility index (Phi) is 5.38. The normalized spacial score (nSPS) is 16.8. The zero-order valence-electron chi connectivity index (χ0n) is 13.2. The van der Waals surface area contributed by atoms with Crippen LogP contribution in [0.15, 0.2) is 29.4 Å². The van der Waals surface area contributed by atoms with Gasteiger partial charge in [0.25, 0.3) is 0 Å². The van der Waals surface area contributed by atoms with Gasteiger partial charge in [-0.3, -0.25) is 9.30 Å². The van der Waals surface area contributed by atoms with Crippen molar-refractivity contribution in [2.24, 2.45) is 10.7 Å². The van der Waals surface area contributed by atoms with Gasteiger partial charge < -0.3 is 15.8 Å². The van der Waals surface area contributed by atoms with Crippen molar-refractivity contribution in [2.45, 2.75) is 13.0 Å². The lowest BCUT2D eigenvalue weighted by molar-refractivity contribution is 0.0376. The molecule has 2 aromatic heterocycles. The fourth-order valence-electron chi connectivity index (χ4n) is 2.55. The molecular formula is C15H23N7O. The summed E-state index contributed by atoms with van der Waals surface area (Å²) in [6.45, 7) is 5.99. The summed E-state index contributed by atoms with van der Waals surface area (Å²) in [5.41, 5.74) is 6.72. The minimum absolute atomic E-state index is 0.410. The number of rotatable bonds is 6. The summed E-state index contributed by atoms with van der Waals surface area (Å²) in [6.07, 6.45) is 2.95. The van der Waals surface area contributed by atoms with Crippen molar-refractivity contribution in [3.05, 3.63) is 30.2 Å². The van der Waals surface area contributed by atoms with Crippen LogP contribution in [0.5, 0.6) is 0 Å². The lowest BCUT2D eigenvalue weighted by Gasteiger charge is -2.26. The molecule has 0 unspecified atom stereocenters. The van der Waals surface area contributed by atoms with Crippen LogP contribution in [0.25, 0.3) is 5.65 Å². The number of morpholine rings is 1. The number of aromatic nitrogens is 3. The Morgan fingerprint density at radius 3 is 3.04 bits per heavy atom. The molecule has 1 aliphatic heterocycles. The van der Waals surface area contributed by atoms with E-state index in [1.165, 1.54) is 0 Å². The van der Waals surface area contributed by atoms with Gasteiger partial charge >= 0.3 is 0 Å². The molecular weight excluding hydrogens is 294 g/mol. The Morgan fingerprint density at radius 1 is 1.30 bits per heavy atom. The molecule has 8 nitrogen and oxygen atoms in total. The maximum absolute atomic E-state index is 5.90. The summed E-state index contributed by atoms with van der Waals surface area (Å²) in [4.78, 5) is 6.73. The lowest BCUT2D eigenvalue weighted by atomic mass is 10.3. The highest BCUT2D eigenvalue weighted by Gasteiger charge is 2.09. The first-order valence-electron chi connectivity index (χ1n) is 7.95. The van der Waals surface area contributed by atoms with Crippen LogP contribution in [0, 0.1) is 0 Å². The minimum Gasteiger partial charge on any atom is -0.379 e. The van der Waals surface area contributed by atoms with Crippen molar-refractivity contribution in [3.63, 3.8) is 0 Å². The zero-order chi connectivity index (χ0) is 15.9. The third kappa shape index (κ3) is 4.40. The van der Waals surface area contributed by atoms with Gasteiger partial charge in [0.1, 0.15) is 6.54 Å². The average molecular weight is 317 g/mol. The van der Waals surface area contributed by atoms with Gasteiger partial charge in [0.15, 0.2) is 17.4 Å². The molecule has 0 saturated carbocycles. The highest BCUT2D eigenvalue weighted by atomic mass is 16.5. The number of nitrogens with zero attached hydrogens (tertiary/aromatic N) is 5. The number of nitrogens with one attached hydrogen (secondary N) is 1. The highest BCUT2D eigenvalue weighted by Crippen LogP contribution is 2.03. The van der Waals surface area contributed by atoms with E-state index in [1.807, 2.05) is 28.8 Å². The second-order valence-corrected chi connectivity index (χ2v) is 5.48. The molecule has 0 bridgehead atoms. The lowest BCUT2D eigenvalue weighted by Crippen LogP contribution is -2.39. The van der Waals surface area contributed by atoms with Gasteiger partial charge in [0.05, 0.1) is 13.2 Å². The highest BCUT2D eigenvalue weighted by molar-refractivity contribution is 5.77. The molecule has 0 atom stereocenters. The zero-order valence-corrected chi connectivity index (χ0v) is 13.2. The predicted octanol–water partition coefficient (Wildman–Crippen LogP) is -0.144. The topological polar surface area (TPSA) is 93.1 Å². The number of aliphatic imine (C=N–C) groups is 1. The van der Waals surface area contributed by atoms with Crippen molar-refractivity contribution >= 4 is 11.6 Å². The number of ether oxygens (including phenoxy) is 1. The summed E-state index contributed by atoms with van der Waals surface area (Å²) < 4.78 is 7.24. The molecule has 1 fully saturated rings. The van der Waals surface area contributed by atoms with E-state index >= 15 is 0 Å². The number of hydrogen-bond acceptors (Lipinski definition) is 5. The third-order valence-corrected chi connectivity index (χ3v) is 3.84. The van der Waals surface area contributed by atoms with Crippen molar-refractivity contribution < 1.29 is 4.74 Å². The Hall–Kier alpha value is -2.19. The van der Waals surface area contributed by atoms with Crippen LogP contribution in [0.2, 0.25) is 0 Å². The Morgan fingerprint density at radius 2 is 2.17 bits per heavy atom. The second kappa shape index (κ2) is 7.89. The summed E-state index contributed by atoms with van der Waals surface area (Å²) >= 11 is 0. The van der Waals surface area contributed by atoms with Crippen LogP contribution in [-0.4, -0.2) is 64.9 Å². The number of fused-ring (bicyclic) bond motifs is 1. The SMILES string of the molecule is NC(=NCc1nnc2ccccn12)NCCCN1CCOCC1. The van der Waals surface area contributed by atoms with Crippen LogP contribution in [0.4, 0.5) is 0 Å². The fraction of sp³-hybridized carbons (Fsp3) is 0.533. The number of pyridine rings is 1. The molecule has 0 aliphatic carbocycles. The molecule has 8 heteroatoms. The van der Waals surface area contributed by atoms with Gasteiger partial charge in [-0.25, -0.2) is 4.99 Å². The Labute approximate surface area is 135 Å². The van der Waals surface area contributed by atoms with E-state index in [2.05, 4.69) is 25.4 Å². The standard InChI is InChI=1S/C15H23N7O/c16-15(17-5-3-6-21-8-10-23-11-9-21)18-12-14-20-19-13-4-1-2-7-22(13)14/h1-2,4,7H,3,5-6,8-12H2,(H3,16,17,18). The average Bonchev–Trinajstić information content (AvgIpc) is 3.01. The van der Waals surface area contributed by atoms with Crippen molar-refractivity contribution in [1.29, 1.82) is 0 Å². The summed E-state index contributed by atoms with van der Waals surface area (Å²) in [6, 6.07) is 5.78. The summed E-state index contributed by atoms with van der Waals surface area (Å²) in [5, 5.41) is 11.4.